The van der Waals surface area contributed by atoms with Crippen LogP contribution >= 0.6 is 0 Å². The minimum Gasteiger partial charge on any atom is -0.466 e. The van der Waals surface area contributed by atoms with Crippen molar-refractivity contribution in [2.24, 2.45) is 0 Å². The van der Waals surface area contributed by atoms with E-state index in [0.717, 1.165) is 17.0 Å². The first-order valence-corrected chi connectivity index (χ1v) is 5.58. The monoisotopic (exact) mass is 229 g/mol. The van der Waals surface area contributed by atoms with Gasteiger partial charge >= 0.3 is 0 Å². The molecular formula is C14H15NO2. The van der Waals surface area contributed by atoms with E-state index in [2.05, 4.69) is 4.98 Å². The normalized spacial score (nSPS) is 10.5. The van der Waals surface area contributed by atoms with Crippen LogP contribution in [0, 0.1) is 20.8 Å². The molecule has 0 fully saturated rings. The molecule has 0 unspecified atom stereocenters. The number of Topliss-reactive ketones (excluding diaryl/α,β-unsaturated/α-hetero) is 1. The van der Waals surface area contributed by atoms with Crippen LogP contribution in [-0.2, 0) is 6.42 Å². The maximum atomic E-state index is 12.0. The lowest BCUT2D eigenvalue weighted by Gasteiger charge is -2.00. The Bertz CT molecular complexity index is 538. The molecule has 3 heteroatoms. The SMILES string of the molecule is Cc1ccc(CC(=O)c2cc(C)oc2C)nc1. The Morgan fingerprint density at radius 1 is 1.29 bits per heavy atom. The molecule has 0 atom stereocenters. The lowest BCUT2D eigenvalue weighted by atomic mass is 10.1. The quantitative estimate of drug-likeness (QED) is 0.760. The predicted molar refractivity (Wildman–Crippen MR) is 65.2 cm³/mol. The van der Waals surface area contributed by atoms with Crippen LogP contribution in [-0.4, -0.2) is 10.8 Å². The van der Waals surface area contributed by atoms with Gasteiger partial charge in [0, 0.05) is 11.9 Å². The zero-order valence-corrected chi connectivity index (χ0v) is 10.3. The molecule has 88 valence electrons. The maximum Gasteiger partial charge on any atom is 0.172 e. The summed E-state index contributed by atoms with van der Waals surface area (Å²) in [6.07, 6.45) is 2.09. The van der Waals surface area contributed by atoms with Crippen molar-refractivity contribution in [1.82, 2.24) is 4.98 Å². The summed E-state index contributed by atoms with van der Waals surface area (Å²) in [5, 5.41) is 0. The Morgan fingerprint density at radius 2 is 2.06 bits per heavy atom. The highest BCUT2D eigenvalue weighted by atomic mass is 16.3. The molecule has 0 aliphatic rings. The summed E-state index contributed by atoms with van der Waals surface area (Å²) in [5.41, 5.74) is 2.54. The van der Waals surface area contributed by atoms with Crippen LogP contribution in [0.5, 0.6) is 0 Å². The second-order valence-corrected chi connectivity index (χ2v) is 4.25. The Morgan fingerprint density at radius 3 is 2.59 bits per heavy atom. The van der Waals surface area contributed by atoms with Crippen LogP contribution in [0.25, 0.3) is 0 Å². The number of hydrogen-bond acceptors (Lipinski definition) is 3. The largest absolute Gasteiger partial charge is 0.466 e. The van der Waals surface area contributed by atoms with Gasteiger partial charge in [0.25, 0.3) is 0 Å². The second kappa shape index (κ2) is 4.53. The van der Waals surface area contributed by atoms with E-state index in [1.807, 2.05) is 32.9 Å². The van der Waals surface area contributed by atoms with Gasteiger partial charge in [-0.1, -0.05) is 6.07 Å². The molecule has 0 aliphatic heterocycles. The van der Waals surface area contributed by atoms with Crippen molar-refractivity contribution in [1.29, 1.82) is 0 Å². The van der Waals surface area contributed by atoms with Gasteiger partial charge in [-0.2, -0.15) is 0 Å². The van der Waals surface area contributed by atoms with Gasteiger partial charge in [0.15, 0.2) is 5.78 Å². The van der Waals surface area contributed by atoms with Crippen molar-refractivity contribution < 1.29 is 9.21 Å². The summed E-state index contributed by atoms with van der Waals surface area (Å²) >= 11 is 0. The number of carbonyl (C=O) groups is 1. The molecule has 0 saturated heterocycles. The highest BCUT2D eigenvalue weighted by Crippen LogP contribution is 2.16. The van der Waals surface area contributed by atoms with Gasteiger partial charge in [0.05, 0.1) is 12.0 Å². The molecule has 2 rings (SSSR count). The summed E-state index contributed by atoms with van der Waals surface area (Å²) in [7, 11) is 0. The van der Waals surface area contributed by atoms with E-state index in [4.69, 9.17) is 4.42 Å². The lowest BCUT2D eigenvalue weighted by Crippen LogP contribution is -2.05. The number of carbonyl (C=O) groups excluding carboxylic acids is 1. The van der Waals surface area contributed by atoms with Crippen molar-refractivity contribution in [2.45, 2.75) is 27.2 Å². The molecule has 2 aromatic rings. The molecule has 0 aliphatic carbocycles. The van der Waals surface area contributed by atoms with Crippen molar-refractivity contribution in [3.63, 3.8) is 0 Å². The molecule has 0 saturated carbocycles. The molecule has 0 amide bonds. The summed E-state index contributed by atoms with van der Waals surface area (Å²) in [6.45, 7) is 5.62. The van der Waals surface area contributed by atoms with Crippen LogP contribution < -0.4 is 0 Å². The third kappa shape index (κ3) is 2.61. The summed E-state index contributed by atoms with van der Waals surface area (Å²) in [6, 6.07) is 5.63. The number of nitrogens with zero attached hydrogens (tertiary/aromatic N) is 1. The summed E-state index contributed by atoms with van der Waals surface area (Å²) in [5.74, 6) is 1.50. The topological polar surface area (TPSA) is 43.1 Å². The van der Waals surface area contributed by atoms with E-state index >= 15 is 0 Å². The van der Waals surface area contributed by atoms with E-state index in [1.165, 1.54) is 0 Å². The third-order valence-electron chi connectivity index (χ3n) is 2.66. The van der Waals surface area contributed by atoms with E-state index in [-0.39, 0.29) is 5.78 Å². The molecule has 0 aromatic carbocycles. The number of aryl methyl sites for hydroxylation is 3. The van der Waals surface area contributed by atoms with Crippen molar-refractivity contribution in [3.8, 4) is 0 Å². The van der Waals surface area contributed by atoms with Crippen molar-refractivity contribution in [2.75, 3.05) is 0 Å². The second-order valence-electron chi connectivity index (χ2n) is 4.25. The van der Waals surface area contributed by atoms with E-state index in [0.29, 0.717) is 17.7 Å². The zero-order chi connectivity index (χ0) is 12.4. The molecule has 17 heavy (non-hydrogen) atoms. The predicted octanol–water partition coefficient (Wildman–Crippen LogP) is 3.03. The molecule has 2 aromatic heterocycles. The van der Waals surface area contributed by atoms with Crippen LogP contribution in [0.15, 0.2) is 28.8 Å². The Kier molecular flexibility index (Phi) is 3.09. The van der Waals surface area contributed by atoms with Gasteiger partial charge in [-0.05, 0) is 38.5 Å². The summed E-state index contributed by atoms with van der Waals surface area (Å²) < 4.78 is 5.35. The number of rotatable bonds is 3. The Balaban J connectivity index is 2.17. The van der Waals surface area contributed by atoms with Crippen LogP contribution in [0.4, 0.5) is 0 Å². The highest BCUT2D eigenvalue weighted by Gasteiger charge is 2.14. The third-order valence-corrected chi connectivity index (χ3v) is 2.66. The van der Waals surface area contributed by atoms with Gasteiger partial charge in [0.1, 0.15) is 11.5 Å². The Labute approximate surface area is 100 Å². The van der Waals surface area contributed by atoms with Gasteiger partial charge in [-0.25, -0.2) is 0 Å². The fourth-order valence-electron chi connectivity index (χ4n) is 1.77. The fraction of sp³-hybridized carbons (Fsp3) is 0.286. The number of pyridine rings is 1. The number of aromatic nitrogens is 1. The Hall–Kier alpha value is -1.90. The average Bonchev–Trinajstić information content (AvgIpc) is 2.61. The first kappa shape index (κ1) is 11.6. The van der Waals surface area contributed by atoms with Crippen LogP contribution in [0.2, 0.25) is 0 Å². The molecule has 0 N–H and O–H groups in total. The standard InChI is InChI=1S/C14H15NO2/c1-9-4-5-12(15-8-9)7-14(16)13-6-10(2)17-11(13)3/h4-6,8H,7H2,1-3H3. The van der Waals surface area contributed by atoms with Crippen molar-refractivity contribution in [3.05, 3.63) is 52.7 Å². The van der Waals surface area contributed by atoms with Gasteiger partial charge in [-0.3, -0.25) is 9.78 Å². The summed E-state index contributed by atoms with van der Waals surface area (Å²) in [4.78, 5) is 16.3. The minimum atomic E-state index is 0.0516. The number of hydrogen-bond donors (Lipinski definition) is 0. The molecular weight excluding hydrogens is 214 g/mol. The molecule has 2 heterocycles. The lowest BCUT2D eigenvalue weighted by molar-refractivity contribution is 0.0990. The minimum absolute atomic E-state index is 0.0516. The zero-order valence-electron chi connectivity index (χ0n) is 10.3. The average molecular weight is 229 g/mol. The molecule has 0 radical (unpaired) electrons. The van der Waals surface area contributed by atoms with Crippen LogP contribution in [0.3, 0.4) is 0 Å². The van der Waals surface area contributed by atoms with E-state index < -0.39 is 0 Å². The van der Waals surface area contributed by atoms with Crippen molar-refractivity contribution >= 4 is 5.78 Å². The maximum absolute atomic E-state index is 12.0. The highest BCUT2D eigenvalue weighted by molar-refractivity contribution is 5.98. The number of ketones is 1. The first-order valence-electron chi connectivity index (χ1n) is 5.58. The molecule has 0 spiro atoms. The van der Waals surface area contributed by atoms with E-state index in [9.17, 15) is 4.79 Å². The van der Waals surface area contributed by atoms with Crippen LogP contribution in [0.1, 0.15) is 33.1 Å². The fourth-order valence-corrected chi connectivity index (χ4v) is 1.77. The van der Waals surface area contributed by atoms with Gasteiger partial charge in [0.2, 0.25) is 0 Å². The first-order chi connectivity index (χ1) is 8.06. The smallest absolute Gasteiger partial charge is 0.172 e. The number of furan rings is 1. The molecule has 0 bridgehead atoms. The van der Waals surface area contributed by atoms with E-state index in [1.54, 1.807) is 12.3 Å². The van der Waals surface area contributed by atoms with Gasteiger partial charge < -0.3 is 4.42 Å². The molecule has 3 nitrogen and oxygen atoms in total. The van der Waals surface area contributed by atoms with Gasteiger partial charge in [-0.15, -0.1) is 0 Å².